The minimum absolute atomic E-state index is 0.0200. The Balaban J connectivity index is 4.95. The van der Waals surface area contributed by atoms with Gasteiger partial charge in [-0.15, -0.1) is 0 Å². The number of carbonyl (C=O) groups is 2. The van der Waals surface area contributed by atoms with Crippen molar-refractivity contribution in [2.45, 2.75) is 20.8 Å². The molecule has 0 bridgehead atoms. The molecule has 0 unspecified atom stereocenters. The molecule has 0 spiro atoms. The lowest BCUT2D eigenvalue weighted by molar-refractivity contribution is -0.138. The summed E-state index contributed by atoms with van der Waals surface area (Å²) in [4.78, 5) is 22.8. The molecule has 0 aromatic rings. The lowest BCUT2D eigenvalue weighted by atomic mass is 10.2. The first-order valence-corrected chi connectivity index (χ1v) is 5.97. The van der Waals surface area contributed by atoms with Crippen molar-refractivity contribution in [1.82, 2.24) is 0 Å². The maximum Gasteiger partial charge on any atom is 0.342 e. The molecule has 5 nitrogen and oxygen atoms in total. The number of carbonyl (C=O) groups excluding carboxylic acids is 2. The topological polar surface area (TPSA) is 61.8 Å². The summed E-state index contributed by atoms with van der Waals surface area (Å²) in [6.45, 7) is 5.88. The Morgan fingerprint density at radius 1 is 1.06 bits per heavy atom. The molecule has 0 saturated heterocycles. The van der Waals surface area contributed by atoms with Crippen LogP contribution in [0.2, 0.25) is 0 Å². The molecule has 0 heterocycles. The number of ether oxygens (including phenoxy) is 3. The summed E-state index contributed by atoms with van der Waals surface area (Å²) in [5, 5.41) is -0.0830. The third-order valence-corrected chi connectivity index (χ3v) is 1.96. The van der Waals surface area contributed by atoms with Gasteiger partial charge in [-0.05, 0) is 20.8 Å². The van der Waals surface area contributed by atoms with E-state index in [-0.39, 0.29) is 23.8 Å². The van der Waals surface area contributed by atoms with Crippen LogP contribution in [0.3, 0.4) is 0 Å². The van der Waals surface area contributed by atoms with Crippen LogP contribution in [0.15, 0.2) is 22.9 Å². The van der Waals surface area contributed by atoms with E-state index < -0.39 is 11.9 Å². The quantitative estimate of drug-likeness (QED) is 0.309. The highest BCUT2D eigenvalue weighted by molar-refractivity contribution is 6.36. The molecule has 0 N–H and O–H groups in total. The summed E-state index contributed by atoms with van der Waals surface area (Å²) in [6.07, 6.45) is 2.17. The van der Waals surface area contributed by atoms with Crippen molar-refractivity contribution >= 4 is 23.5 Å². The molecule has 0 fully saturated rings. The molecule has 0 saturated carbocycles. The van der Waals surface area contributed by atoms with Crippen LogP contribution in [0.4, 0.5) is 0 Å². The van der Waals surface area contributed by atoms with Gasteiger partial charge in [-0.1, -0.05) is 11.6 Å². The summed E-state index contributed by atoms with van der Waals surface area (Å²) in [5.74, 6) is -1.29. The minimum Gasteiger partial charge on any atom is -0.501 e. The predicted octanol–water partition coefficient (Wildman–Crippen LogP) is 2.16. The smallest absolute Gasteiger partial charge is 0.342 e. The number of halogens is 1. The van der Waals surface area contributed by atoms with E-state index in [0.717, 1.165) is 12.3 Å². The van der Waals surface area contributed by atoms with Crippen LogP contribution < -0.4 is 0 Å². The predicted molar refractivity (Wildman–Crippen MR) is 66.9 cm³/mol. The lowest BCUT2D eigenvalue weighted by Gasteiger charge is -2.06. The van der Waals surface area contributed by atoms with Crippen LogP contribution in [-0.2, 0) is 23.8 Å². The monoisotopic (exact) mass is 276 g/mol. The van der Waals surface area contributed by atoms with Crippen LogP contribution in [0.5, 0.6) is 0 Å². The highest BCUT2D eigenvalue weighted by Crippen LogP contribution is 2.17. The molecule has 0 aliphatic heterocycles. The highest BCUT2D eigenvalue weighted by atomic mass is 35.5. The van der Waals surface area contributed by atoms with Gasteiger partial charge in [0.05, 0.1) is 31.1 Å². The molecule has 0 amide bonds. The fourth-order valence-electron chi connectivity index (χ4n) is 0.943. The van der Waals surface area contributed by atoms with Crippen molar-refractivity contribution in [2.75, 3.05) is 19.8 Å². The summed E-state index contributed by atoms with van der Waals surface area (Å²) in [7, 11) is 0. The van der Waals surface area contributed by atoms with E-state index in [0.29, 0.717) is 6.61 Å². The Morgan fingerprint density at radius 2 is 1.67 bits per heavy atom. The molecule has 18 heavy (non-hydrogen) atoms. The number of hydrogen-bond acceptors (Lipinski definition) is 5. The van der Waals surface area contributed by atoms with Gasteiger partial charge in [0.25, 0.3) is 0 Å². The molecular weight excluding hydrogens is 260 g/mol. The minimum atomic E-state index is -0.656. The third-order valence-electron chi connectivity index (χ3n) is 1.65. The Labute approximate surface area is 111 Å². The zero-order valence-electron chi connectivity index (χ0n) is 10.7. The second kappa shape index (κ2) is 9.53. The van der Waals surface area contributed by atoms with E-state index >= 15 is 0 Å². The number of hydrogen-bond donors (Lipinski definition) is 0. The fraction of sp³-hybridized carbons (Fsp3) is 0.500. The van der Waals surface area contributed by atoms with E-state index in [2.05, 4.69) is 4.74 Å². The molecule has 0 aliphatic rings. The molecular formula is C12H17ClO5. The Kier molecular flexibility index (Phi) is 8.74. The number of esters is 2. The fourth-order valence-corrected chi connectivity index (χ4v) is 1.15. The first-order valence-electron chi connectivity index (χ1n) is 5.59. The Bertz CT molecular complexity index is 346. The molecule has 0 rings (SSSR count). The van der Waals surface area contributed by atoms with Crippen molar-refractivity contribution in [3.05, 3.63) is 22.9 Å². The van der Waals surface area contributed by atoms with E-state index in [1.807, 2.05) is 0 Å². The van der Waals surface area contributed by atoms with Crippen LogP contribution >= 0.6 is 11.6 Å². The van der Waals surface area contributed by atoms with Gasteiger partial charge < -0.3 is 14.2 Å². The maximum atomic E-state index is 11.6. The average Bonchev–Trinajstić information content (AvgIpc) is 2.30. The van der Waals surface area contributed by atoms with Crippen molar-refractivity contribution in [3.8, 4) is 0 Å². The van der Waals surface area contributed by atoms with Gasteiger partial charge in [-0.25, -0.2) is 9.59 Å². The molecule has 0 atom stereocenters. The van der Waals surface area contributed by atoms with E-state index in [9.17, 15) is 9.59 Å². The molecule has 0 aromatic carbocycles. The summed E-state index contributed by atoms with van der Waals surface area (Å²) < 4.78 is 14.5. The highest BCUT2D eigenvalue weighted by Gasteiger charge is 2.16. The Morgan fingerprint density at radius 3 is 2.17 bits per heavy atom. The maximum absolute atomic E-state index is 11.6. The van der Waals surface area contributed by atoms with Gasteiger partial charge in [0.2, 0.25) is 0 Å². The van der Waals surface area contributed by atoms with E-state index in [4.69, 9.17) is 21.1 Å². The van der Waals surface area contributed by atoms with Crippen LogP contribution in [-0.4, -0.2) is 31.8 Å². The van der Waals surface area contributed by atoms with Crippen LogP contribution in [0.25, 0.3) is 0 Å². The van der Waals surface area contributed by atoms with E-state index in [1.54, 1.807) is 20.8 Å². The first kappa shape index (κ1) is 16.5. The van der Waals surface area contributed by atoms with Crippen molar-refractivity contribution in [3.63, 3.8) is 0 Å². The normalized spacial score (nSPS) is 12.0. The van der Waals surface area contributed by atoms with Gasteiger partial charge >= 0.3 is 11.9 Å². The third kappa shape index (κ3) is 6.30. The summed E-state index contributed by atoms with van der Waals surface area (Å²) in [5.41, 5.74) is -0.0200. The molecule has 0 radical (unpaired) electrons. The SMILES string of the molecule is CCOC=C(C(=O)OCC)C(Cl)=CC(=O)OCC. The molecule has 6 heteroatoms. The second-order valence-corrected chi connectivity index (χ2v) is 3.36. The lowest BCUT2D eigenvalue weighted by Crippen LogP contribution is -2.10. The van der Waals surface area contributed by atoms with Crippen molar-refractivity contribution < 1.29 is 23.8 Å². The van der Waals surface area contributed by atoms with Crippen LogP contribution in [0, 0.1) is 0 Å². The zero-order chi connectivity index (χ0) is 14.0. The Hall–Kier alpha value is -1.49. The standard InChI is InChI=1S/C12H17ClO5/c1-4-16-8-9(12(15)18-6-3)10(13)7-11(14)17-5-2/h7-8H,4-6H2,1-3H3. The summed E-state index contributed by atoms with van der Waals surface area (Å²) in [6, 6.07) is 0. The van der Waals surface area contributed by atoms with Gasteiger partial charge in [-0.2, -0.15) is 0 Å². The summed E-state index contributed by atoms with van der Waals surface area (Å²) >= 11 is 5.85. The van der Waals surface area contributed by atoms with Crippen molar-refractivity contribution in [1.29, 1.82) is 0 Å². The molecule has 0 aromatic heterocycles. The largest absolute Gasteiger partial charge is 0.501 e. The number of rotatable bonds is 7. The average molecular weight is 277 g/mol. The van der Waals surface area contributed by atoms with Gasteiger partial charge in [0.15, 0.2) is 0 Å². The van der Waals surface area contributed by atoms with E-state index in [1.165, 1.54) is 0 Å². The first-order chi connectivity index (χ1) is 8.56. The van der Waals surface area contributed by atoms with Gasteiger partial charge in [-0.3, -0.25) is 0 Å². The second-order valence-electron chi connectivity index (χ2n) is 2.95. The molecule has 0 aliphatic carbocycles. The van der Waals surface area contributed by atoms with Crippen LogP contribution in [0.1, 0.15) is 20.8 Å². The van der Waals surface area contributed by atoms with Gasteiger partial charge in [0.1, 0.15) is 5.57 Å². The van der Waals surface area contributed by atoms with Gasteiger partial charge in [0, 0.05) is 6.08 Å². The van der Waals surface area contributed by atoms with Crippen molar-refractivity contribution in [2.24, 2.45) is 0 Å². The zero-order valence-corrected chi connectivity index (χ0v) is 11.5. The molecule has 102 valence electrons.